The van der Waals surface area contributed by atoms with E-state index in [9.17, 15) is 0 Å². The molecule has 4 nitrogen and oxygen atoms in total. The van der Waals surface area contributed by atoms with Crippen molar-refractivity contribution >= 4 is 11.5 Å². The highest BCUT2D eigenvalue weighted by Gasteiger charge is 1.94. The molecule has 0 saturated carbocycles. The zero-order valence-electron chi connectivity index (χ0n) is 10.6. The molecular weight excluding hydrogens is 224 g/mol. The van der Waals surface area contributed by atoms with Crippen molar-refractivity contribution in [3.8, 4) is 0 Å². The first kappa shape index (κ1) is 12.4. The van der Waals surface area contributed by atoms with Gasteiger partial charge in [0.15, 0.2) is 0 Å². The summed E-state index contributed by atoms with van der Waals surface area (Å²) < 4.78 is 0. The van der Waals surface area contributed by atoms with E-state index in [1.54, 1.807) is 6.20 Å². The van der Waals surface area contributed by atoms with Crippen molar-refractivity contribution in [2.45, 2.75) is 13.3 Å². The lowest BCUT2D eigenvalue weighted by Gasteiger charge is -2.08. The maximum atomic E-state index is 4.21. The standard InChI is InChI=1S/C14H18N4/c1-12-11-13(6-10-15-12)16-8-4-9-18-14-5-2-3-7-17-14/h2-3,5-7,10-11H,4,8-9H2,1H3,(H,15,16)(H,17,18). The molecule has 0 spiro atoms. The quantitative estimate of drug-likeness (QED) is 0.765. The van der Waals surface area contributed by atoms with Crippen molar-refractivity contribution in [2.24, 2.45) is 0 Å². The van der Waals surface area contributed by atoms with Crippen molar-refractivity contribution < 1.29 is 0 Å². The SMILES string of the molecule is Cc1cc(NCCCNc2ccccn2)ccn1. The second-order valence-electron chi connectivity index (χ2n) is 4.11. The van der Waals surface area contributed by atoms with E-state index >= 15 is 0 Å². The van der Waals surface area contributed by atoms with Gasteiger partial charge >= 0.3 is 0 Å². The maximum Gasteiger partial charge on any atom is 0.125 e. The van der Waals surface area contributed by atoms with Crippen LogP contribution in [0.15, 0.2) is 42.7 Å². The number of pyridine rings is 2. The average Bonchev–Trinajstić information content (AvgIpc) is 2.40. The highest BCUT2D eigenvalue weighted by atomic mass is 15.0. The number of rotatable bonds is 6. The molecule has 2 heterocycles. The largest absolute Gasteiger partial charge is 0.385 e. The van der Waals surface area contributed by atoms with Crippen LogP contribution in [0.1, 0.15) is 12.1 Å². The maximum absolute atomic E-state index is 4.21. The van der Waals surface area contributed by atoms with E-state index in [-0.39, 0.29) is 0 Å². The first-order valence-corrected chi connectivity index (χ1v) is 6.16. The third-order valence-electron chi connectivity index (χ3n) is 2.55. The molecule has 0 saturated heterocycles. The molecule has 2 aromatic rings. The van der Waals surface area contributed by atoms with E-state index in [2.05, 4.69) is 20.6 Å². The fraction of sp³-hybridized carbons (Fsp3) is 0.286. The summed E-state index contributed by atoms with van der Waals surface area (Å²) in [7, 11) is 0. The number of hydrogen-bond acceptors (Lipinski definition) is 4. The summed E-state index contributed by atoms with van der Waals surface area (Å²) in [5.41, 5.74) is 2.16. The first-order chi connectivity index (χ1) is 8.84. The van der Waals surface area contributed by atoms with Crippen LogP contribution < -0.4 is 10.6 Å². The molecule has 0 bridgehead atoms. The molecule has 0 aliphatic carbocycles. The van der Waals surface area contributed by atoms with Gasteiger partial charge in [-0.15, -0.1) is 0 Å². The van der Waals surface area contributed by atoms with Crippen LogP contribution in [0, 0.1) is 6.92 Å². The van der Waals surface area contributed by atoms with E-state index in [0.717, 1.165) is 36.7 Å². The van der Waals surface area contributed by atoms with E-state index in [0.29, 0.717) is 0 Å². The van der Waals surface area contributed by atoms with Crippen molar-refractivity contribution in [1.29, 1.82) is 0 Å². The van der Waals surface area contributed by atoms with Crippen LogP contribution in [-0.4, -0.2) is 23.1 Å². The zero-order valence-corrected chi connectivity index (χ0v) is 10.6. The van der Waals surface area contributed by atoms with Crippen LogP contribution >= 0.6 is 0 Å². The molecule has 0 aromatic carbocycles. The van der Waals surface area contributed by atoms with Crippen LogP contribution in [0.5, 0.6) is 0 Å². The van der Waals surface area contributed by atoms with Gasteiger partial charge in [0.2, 0.25) is 0 Å². The van der Waals surface area contributed by atoms with Gasteiger partial charge in [0.1, 0.15) is 5.82 Å². The van der Waals surface area contributed by atoms with Crippen LogP contribution in [0.3, 0.4) is 0 Å². The van der Waals surface area contributed by atoms with Crippen LogP contribution in [0.4, 0.5) is 11.5 Å². The molecule has 0 radical (unpaired) electrons. The Balaban J connectivity index is 1.65. The molecule has 94 valence electrons. The number of anilines is 2. The molecule has 2 rings (SSSR count). The first-order valence-electron chi connectivity index (χ1n) is 6.16. The van der Waals surface area contributed by atoms with Crippen molar-refractivity contribution in [3.63, 3.8) is 0 Å². The number of hydrogen-bond donors (Lipinski definition) is 2. The van der Waals surface area contributed by atoms with Gasteiger partial charge in [0, 0.05) is 36.9 Å². The van der Waals surface area contributed by atoms with Crippen molar-refractivity contribution in [1.82, 2.24) is 9.97 Å². The van der Waals surface area contributed by atoms with Gasteiger partial charge in [0.05, 0.1) is 0 Å². The number of nitrogens with zero attached hydrogens (tertiary/aromatic N) is 2. The Hall–Kier alpha value is -2.10. The minimum absolute atomic E-state index is 0.911. The minimum atomic E-state index is 0.911. The fourth-order valence-electron chi connectivity index (χ4n) is 1.66. The molecule has 4 heteroatoms. The van der Waals surface area contributed by atoms with Crippen LogP contribution in [0.2, 0.25) is 0 Å². The molecule has 18 heavy (non-hydrogen) atoms. The Morgan fingerprint density at radius 3 is 2.67 bits per heavy atom. The van der Waals surface area contributed by atoms with Gasteiger partial charge in [0.25, 0.3) is 0 Å². The molecule has 2 N–H and O–H groups in total. The summed E-state index contributed by atoms with van der Waals surface area (Å²) in [5.74, 6) is 0.928. The Morgan fingerprint density at radius 2 is 1.89 bits per heavy atom. The molecule has 0 amide bonds. The van der Waals surface area contributed by atoms with E-state index in [4.69, 9.17) is 0 Å². The molecule has 2 aromatic heterocycles. The zero-order chi connectivity index (χ0) is 12.6. The fourth-order valence-corrected chi connectivity index (χ4v) is 1.66. The highest BCUT2D eigenvalue weighted by Crippen LogP contribution is 2.06. The molecule has 0 fully saturated rings. The Morgan fingerprint density at radius 1 is 1.00 bits per heavy atom. The van der Waals surface area contributed by atoms with Gasteiger partial charge in [-0.2, -0.15) is 0 Å². The highest BCUT2D eigenvalue weighted by molar-refractivity contribution is 5.42. The van der Waals surface area contributed by atoms with Crippen molar-refractivity contribution in [2.75, 3.05) is 23.7 Å². The second kappa shape index (κ2) is 6.59. The normalized spacial score (nSPS) is 10.1. The van der Waals surface area contributed by atoms with E-state index < -0.39 is 0 Å². The third-order valence-corrected chi connectivity index (χ3v) is 2.55. The summed E-state index contributed by atoms with van der Waals surface area (Å²) in [6, 6.07) is 9.90. The summed E-state index contributed by atoms with van der Waals surface area (Å²) in [5, 5.41) is 6.65. The van der Waals surface area contributed by atoms with Gasteiger partial charge in [-0.05, 0) is 37.6 Å². The lowest BCUT2D eigenvalue weighted by molar-refractivity contribution is 0.903. The predicted octanol–water partition coefficient (Wildman–Crippen LogP) is 2.70. The van der Waals surface area contributed by atoms with Gasteiger partial charge < -0.3 is 10.6 Å². The lowest BCUT2D eigenvalue weighted by Crippen LogP contribution is -2.09. The van der Waals surface area contributed by atoms with Crippen LogP contribution in [-0.2, 0) is 0 Å². The summed E-state index contributed by atoms with van der Waals surface area (Å²) >= 11 is 0. The number of aryl methyl sites for hydroxylation is 1. The summed E-state index contributed by atoms with van der Waals surface area (Å²) in [6.07, 6.45) is 4.65. The summed E-state index contributed by atoms with van der Waals surface area (Å²) in [4.78, 5) is 8.37. The molecule has 0 aliphatic heterocycles. The Kier molecular flexibility index (Phi) is 4.53. The molecule has 0 aliphatic rings. The monoisotopic (exact) mass is 242 g/mol. The predicted molar refractivity (Wildman–Crippen MR) is 74.8 cm³/mol. The third kappa shape index (κ3) is 4.05. The van der Waals surface area contributed by atoms with E-state index in [1.165, 1.54) is 0 Å². The Bertz CT molecular complexity index is 470. The van der Waals surface area contributed by atoms with Crippen LogP contribution in [0.25, 0.3) is 0 Å². The topological polar surface area (TPSA) is 49.8 Å². The smallest absolute Gasteiger partial charge is 0.125 e. The average molecular weight is 242 g/mol. The molecule has 0 unspecified atom stereocenters. The molecular formula is C14H18N4. The van der Waals surface area contributed by atoms with Crippen molar-refractivity contribution in [3.05, 3.63) is 48.4 Å². The Labute approximate surface area is 107 Å². The minimum Gasteiger partial charge on any atom is -0.385 e. The number of aromatic nitrogens is 2. The van der Waals surface area contributed by atoms with E-state index in [1.807, 2.05) is 43.5 Å². The second-order valence-corrected chi connectivity index (χ2v) is 4.11. The summed E-state index contributed by atoms with van der Waals surface area (Å²) in [6.45, 7) is 3.84. The van der Waals surface area contributed by atoms with Gasteiger partial charge in [-0.25, -0.2) is 4.98 Å². The van der Waals surface area contributed by atoms with Gasteiger partial charge in [-0.1, -0.05) is 6.07 Å². The lowest BCUT2D eigenvalue weighted by atomic mass is 10.3. The van der Waals surface area contributed by atoms with Gasteiger partial charge in [-0.3, -0.25) is 4.98 Å². The number of nitrogens with one attached hydrogen (secondary N) is 2. The molecule has 0 atom stereocenters.